The maximum absolute atomic E-state index is 12.4. The number of nitrogens with one attached hydrogen (secondary N) is 1. The van der Waals surface area contributed by atoms with Crippen molar-refractivity contribution in [2.24, 2.45) is 5.10 Å². The van der Waals surface area contributed by atoms with Crippen LogP contribution in [0.3, 0.4) is 0 Å². The molecule has 2 aromatic carbocycles. The largest absolute Gasteiger partial charge is 0.478 e. The third-order valence-corrected chi connectivity index (χ3v) is 3.17. The molecule has 23 heavy (non-hydrogen) atoms. The van der Waals surface area contributed by atoms with Crippen molar-refractivity contribution in [1.29, 1.82) is 0 Å². The fraction of sp³-hybridized carbons (Fsp3) is 0.0667. The van der Waals surface area contributed by atoms with Gasteiger partial charge in [0.05, 0.1) is 28.1 Å². The van der Waals surface area contributed by atoms with Crippen LogP contribution < -0.4 is 5.43 Å². The summed E-state index contributed by atoms with van der Waals surface area (Å²) in [6.45, 7) is 0. The van der Waals surface area contributed by atoms with E-state index in [1.807, 2.05) is 0 Å². The van der Waals surface area contributed by atoms with E-state index in [0.29, 0.717) is 11.3 Å². The van der Waals surface area contributed by atoms with Crippen LogP contribution in [-0.2, 0) is 6.18 Å². The molecule has 0 aliphatic heterocycles. The highest BCUT2D eigenvalue weighted by molar-refractivity contribution is 6.33. The molecule has 2 N–H and O–H groups in total. The molecule has 0 heterocycles. The topological polar surface area (TPSA) is 61.7 Å². The number of halogens is 4. The molecule has 4 nitrogen and oxygen atoms in total. The molecular formula is C15H10ClF3N2O2. The fourth-order valence-electron chi connectivity index (χ4n) is 1.70. The highest BCUT2D eigenvalue weighted by Crippen LogP contribution is 2.28. The molecule has 0 amide bonds. The maximum atomic E-state index is 12.4. The van der Waals surface area contributed by atoms with E-state index < -0.39 is 17.7 Å². The number of hydrogen-bond donors (Lipinski definition) is 2. The molecule has 8 heteroatoms. The number of alkyl halides is 3. The van der Waals surface area contributed by atoms with Crippen LogP contribution in [0.25, 0.3) is 0 Å². The van der Waals surface area contributed by atoms with Crippen molar-refractivity contribution >= 4 is 29.5 Å². The molecular weight excluding hydrogens is 333 g/mol. The fourth-order valence-corrected chi connectivity index (χ4v) is 1.90. The molecule has 0 unspecified atom stereocenters. The van der Waals surface area contributed by atoms with Gasteiger partial charge in [0, 0.05) is 0 Å². The third kappa shape index (κ3) is 4.46. The van der Waals surface area contributed by atoms with Crippen molar-refractivity contribution in [2.75, 3.05) is 5.43 Å². The Kier molecular flexibility index (Phi) is 4.90. The van der Waals surface area contributed by atoms with Gasteiger partial charge in [-0.1, -0.05) is 23.7 Å². The van der Waals surface area contributed by atoms with Crippen LogP contribution in [0.4, 0.5) is 18.9 Å². The number of carbonyl (C=O) groups is 1. The molecule has 0 saturated carbocycles. The highest BCUT2D eigenvalue weighted by atomic mass is 35.5. The summed E-state index contributed by atoms with van der Waals surface area (Å²) in [5, 5.41) is 12.9. The first-order valence-electron chi connectivity index (χ1n) is 6.26. The van der Waals surface area contributed by atoms with Gasteiger partial charge < -0.3 is 5.11 Å². The van der Waals surface area contributed by atoms with E-state index in [1.165, 1.54) is 36.5 Å². The Labute approximate surface area is 134 Å². The van der Waals surface area contributed by atoms with Gasteiger partial charge in [-0.25, -0.2) is 4.79 Å². The summed E-state index contributed by atoms with van der Waals surface area (Å²) in [6.07, 6.45) is -3.07. The molecule has 2 aromatic rings. The number of nitrogens with zero attached hydrogens (tertiary/aromatic N) is 1. The summed E-state index contributed by atoms with van der Waals surface area (Å²) in [4.78, 5) is 10.9. The Bertz CT molecular complexity index is 743. The van der Waals surface area contributed by atoms with E-state index in [1.54, 1.807) is 0 Å². The predicted molar refractivity (Wildman–Crippen MR) is 81.1 cm³/mol. The van der Waals surface area contributed by atoms with Gasteiger partial charge in [-0.15, -0.1) is 0 Å². The smallest absolute Gasteiger partial charge is 0.416 e. The third-order valence-electron chi connectivity index (χ3n) is 2.84. The van der Waals surface area contributed by atoms with Crippen LogP contribution in [-0.4, -0.2) is 17.3 Å². The van der Waals surface area contributed by atoms with Gasteiger partial charge in [0.25, 0.3) is 0 Å². The lowest BCUT2D eigenvalue weighted by molar-refractivity contribution is -0.137. The Morgan fingerprint density at radius 3 is 2.39 bits per heavy atom. The second kappa shape index (κ2) is 6.70. The van der Waals surface area contributed by atoms with Gasteiger partial charge >= 0.3 is 12.1 Å². The zero-order valence-corrected chi connectivity index (χ0v) is 12.2. The standard InChI is InChI=1S/C15H10ClF3N2O2/c16-13-6-5-11(7-12(13)14(22)23)21-20-8-9-1-3-10(4-2-9)15(17,18)19/h1-8,21H,(H,22,23)/b20-8+. The molecule has 2 rings (SSSR count). The summed E-state index contributed by atoms with van der Waals surface area (Å²) < 4.78 is 37.3. The zero-order chi connectivity index (χ0) is 17.0. The Hall–Kier alpha value is -2.54. The van der Waals surface area contributed by atoms with E-state index in [-0.39, 0.29) is 10.6 Å². The summed E-state index contributed by atoms with van der Waals surface area (Å²) in [5.41, 5.74) is 2.60. The molecule has 0 radical (unpaired) electrons. The minimum Gasteiger partial charge on any atom is -0.478 e. The number of aromatic carboxylic acids is 1. The molecule has 120 valence electrons. The van der Waals surface area contributed by atoms with Gasteiger partial charge in [-0.2, -0.15) is 18.3 Å². The van der Waals surface area contributed by atoms with E-state index in [4.69, 9.17) is 16.7 Å². The Balaban J connectivity index is 2.07. The Morgan fingerprint density at radius 1 is 1.17 bits per heavy atom. The van der Waals surface area contributed by atoms with Crippen LogP contribution in [0.15, 0.2) is 47.6 Å². The second-order valence-corrected chi connectivity index (χ2v) is 4.90. The van der Waals surface area contributed by atoms with E-state index in [9.17, 15) is 18.0 Å². The quantitative estimate of drug-likeness (QED) is 0.635. The molecule has 0 aromatic heterocycles. The van der Waals surface area contributed by atoms with Gasteiger partial charge in [0.15, 0.2) is 0 Å². The molecule has 0 saturated heterocycles. The van der Waals surface area contributed by atoms with Crippen LogP contribution >= 0.6 is 11.6 Å². The summed E-state index contributed by atoms with van der Waals surface area (Å²) >= 11 is 5.73. The zero-order valence-electron chi connectivity index (χ0n) is 11.4. The first kappa shape index (κ1) is 16.8. The predicted octanol–water partition coefficient (Wildman–Crippen LogP) is 4.50. The lowest BCUT2D eigenvalue weighted by atomic mass is 10.1. The minimum absolute atomic E-state index is 0.0820. The van der Waals surface area contributed by atoms with Crippen LogP contribution in [0.1, 0.15) is 21.5 Å². The van der Waals surface area contributed by atoms with Crippen LogP contribution in [0.5, 0.6) is 0 Å². The first-order chi connectivity index (χ1) is 10.8. The average Bonchev–Trinajstić information content (AvgIpc) is 2.48. The normalized spacial score (nSPS) is 11.7. The summed E-state index contributed by atoms with van der Waals surface area (Å²) in [6, 6.07) is 8.68. The molecule has 0 atom stereocenters. The number of anilines is 1. The van der Waals surface area contributed by atoms with Crippen molar-refractivity contribution in [3.8, 4) is 0 Å². The molecule has 0 aliphatic carbocycles. The van der Waals surface area contributed by atoms with Crippen molar-refractivity contribution in [2.45, 2.75) is 6.18 Å². The van der Waals surface area contributed by atoms with Crippen LogP contribution in [0.2, 0.25) is 5.02 Å². The summed E-state index contributed by atoms with van der Waals surface area (Å²) in [5.74, 6) is -1.18. The number of hydrazone groups is 1. The SMILES string of the molecule is O=C(O)c1cc(N/N=C/c2ccc(C(F)(F)F)cc2)ccc1Cl. The van der Waals surface area contributed by atoms with Gasteiger partial charge in [0.2, 0.25) is 0 Å². The second-order valence-electron chi connectivity index (χ2n) is 4.49. The van der Waals surface area contributed by atoms with Crippen LogP contribution in [0, 0.1) is 0 Å². The van der Waals surface area contributed by atoms with E-state index >= 15 is 0 Å². The van der Waals surface area contributed by atoms with E-state index in [2.05, 4.69) is 10.5 Å². The maximum Gasteiger partial charge on any atom is 0.416 e. The Morgan fingerprint density at radius 2 is 1.83 bits per heavy atom. The van der Waals surface area contributed by atoms with Gasteiger partial charge in [-0.05, 0) is 35.9 Å². The van der Waals surface area contributed by atoms with Crippen molar-refractivity contribution in [1.82, 2.24) is 0 Å². The van der Waals surface area contributed by atoms with Gasteiger partial charge in [0.1, 0.15) is 0 Å². The molecule has 0 aliphatic rings. The first-order valence-corrected chi connectivity index (χ1v) is 6.64. The van der Waals surface area contributed by atoms with Gasteiger partial charge in [-0.3, -0.25) is 5.43 Å². The summed E-state index contributed by atoms with van der Waals surface area (Å²) in [7, 11) is 0. The molecule has 0 fully saturated rings. The number of carboxylic acid groups (broad SMARTS) is 1. The van der Waals surface area contributed by atoms with Crippen molar-refractivity contribution in [3.63, 3.8) is 0 Å². The lowest BCUT2D eigenvalue weighted by Gasteiger charge is -2.06. The lowest BCUT2D eigenvalue weighted by Crippen LogP contribution is -2.04. The molecule has 0 bridgehead atoms. The number of carboxylic acids is 1. The van der Waals surface area contributed by atoms with Crippen molar-refractivity contribution in [3.05, 3.63) is 64.2 Å². The average molecular weight is 343 g/mol. The van der Waals surface area contributed by atoms with E-state index in [0.717, 1.165) is 12.1 Å². The number of hydrogen-bond acceptors (Lipinski definition) is 3. The number of benzene rings is 2. The molecule has 0 spiro atoms. The monoisotopic (exact) mass is 342 g/mol. The minimum atomic E-state index is -4.38. The highest BCUT2D eigenvalue weighted by Gasteiger charge is 2.29. The van der Waals surface area contributed by atoms with Crippen molar-refractivity contribution < 1.29 is 23.1 Å². The number of rotatable bonds is 4.